The third-order valence-corrected chi connectivity index (χ3v) is 5.21. The van der Waals surface area contributed by atoms with E-state index in [1.165, 1.54) is 11.3 Å². The first-order chi connectivity index (χ1) is 12.5. The number of methoxy groups -OCH3 is 2. The summed E-state index contributed by atoms with van der Waals surface area (Å²) in [6.07, 6.45) is 0. The third-order valence-electron chi connectivity index (χ3n) is 4.09. The van der Waals surface area contributed by atoms with E-state index in [1.807, 2.05) is 19.9 Å². The average molecular weight is 372 g/mol. The Kier molecular flexibility index (Phi) is 4.97. The van der Waals surface area contributed by atoms with E-state index in [9.17, 15) is 4.79 Å². The fourth-order valence-corrected chi connectivity index (χ4v) is 3.62. The lowest BCUT2D eigenvalue weighted by atomic mass is 10.1. The van der Waals surface area contributed by atoms with Gasteiger partial charge in [0.25, 0.3) is 5.91 Å². The van der Waals surface area contributed by atoms with Crippen LogP contribution in [-0.4, -0.2) is 25.1 Å². The van der Waals surface area contributed by atoms with Gasteiger partial charge in [-0.15, -0.1) is 0 Å². The van der Waals surface area contributed by atoms with Crippen molar-refractivity contribution < 1.29 is 14.3 Å². The molecule has 2 aromatic carbocycles. The Balaban J connectivity index is 1.99. The summed E-state index contributed by atoms with van der Waals surface area (Å²) in [5.74, 6) is 6.32. The fourth-order valence-electron chi connectivity index (χ4n) is 2.76. The largest absolute Gasteiger partial charge is 0.497 e. The van der Waals surface area contributed by atoms with Crippen LogP contribution in [0.2, 0.25) is 0 Å². The molecule has 0 atom stereocenters. The molecule has 8 heteroatoms. The van der Waals surface area contributed by atoms with Gasteiger partial charge in [-0.05, 0) is 43.2 Å². The number of thiazole rings is 1. The van der Waals surface area contributed by atoms with Gasteiger partial charge in [-0.2, -0.15) is 0 Å². The first kappa shape index (κ1) is 18.0. The van der Waals surface area contributed by atoms with Crippen molar-refractivity contribution in [2.45, 2.75) is 13.8 Å². The molecule has 0 bridgehead atoms. The maximum Gasteiger partial charge on any atom is 0.255 e. The SMILES string of the molecule is COc1cc(OC)cc(C(=O)Nc2c(C)cc3nc(NN)sc3c2C)c1. The highest BCUT2D eigenvalue weighted by molar-refractivity contribution is 7.22. The van der Waals surface area contributed by atoms with E-state index in [2.05, 4.69) is 15.7 Å². The van der Waals surface area contributed by atoms with E-state index in [0.717, 1.165) is 27.0 Å². The number of amides is 1. The molecule has 1 heterocycles. The Hall–Kier alpha value is -2.84. The predicted octanol–water partition coefficient (Wildman–Crippen LogP) is 3.47. The second-order valence-electron chi connectivity index (χ2n) is 5.76. The van der Waals surface area contributed by atoms with Crippen LogP contribution in [0.15, 0.2) is 24.3 Å². The van der Waals surface area contributed by atoms with Crippen molar-refractivity contribution in [2.75, 3.05) is 25.0 Å². The van der Waals surface area contributed by atoms with Crippen LogP contribution in [0, 0.1) is 13.8 Å². The minimum atomic E-state index is -0.241. The van der Waals surface area contributed by atoms with E-state index < -0.39 is 0 Å². The fraction of sp³-hybridized carbons (Fsp3) is 0.222. The number of benzene rings is 2. The first-order valence-electron chi connectivity index (χ1n) is 7.88. The number of ether oxygens (including phenoxy) is 2. The molecule has 3 aromatic rings. The molecule has 0 saturated carbocycles. The zero-order valence-electron chi connectivity index (χ0n) is 15.0. The summed E-state index contributed by atoms with van der Waals surface area (Å²) in [5, 5.41) is 3.62. The van der Waals surface area contributed by atoms with Gasteiger partial charge in [-0.25, -0.2) is 10.8 Å². The van der Waals surface area contributed by atoms with Gasteiger partial charge in [0.2, 0.25) is 0 Å². The highest BCUT2D eigenvalue weighted by Gasteiger charge is 2.16. The number of nitrogens with one attached hydrogen (secondary N) is 2. The lowest BCUT2D eigenvalue weighted by Gasteiger charge is -2.13. The number of hydrazine groups is 1. The number of aromatic nitrogens is 1. The number of nitrogens with zero attached hydrogens (tertiary/aromatic N) is 1. The number of fused-ring (bicyclic) bond motifs is 1. The Morgan fingerprint density at radius 1 is 1.12 bits per heavy atom. The van der Waals surface area contributed by atoms with Crippen molar-refractivity contribution >= 4 is 38.3 Å². The van der Waals surface area contributed by atoms with Crippen molar-refractivity contribution in [2.24, 2.45) is 5.84 Å². The smallest absolute Gasteiger partial charge is 0.255 e. The minimum absolute atomic E-state index is 0.241. The Labute approximate surface area is 155 Å². The van der Waals surface area contributed by atoms with E-state index in [4.69, 9.17) is 15.3 Å². The number of carbonyl (C=O) groups excluding carboxylic acids is 1. The number of hydrogen-bond acceptors (Lipinski definition) is 7. The number of nitrogens with two attached hydrogens (primary N) is 1. The number of hydrogen-bond donors (Lipinski definition) is 3. The highest BCUT2D eigenvalue weighted by atomic mass is 32.1. The number of carbonyl (C=O) groups is 1. The zero-order chi connectivity index (χ0) is 18.8. The average Bonchev–Trinajstić information content (AvgIpc) is 3.07. The molecule has 4 N–H and O–H groups in total. The quantitative estimate of drug-likeness (QED) is 0.469. The molecular formula is C18H20N4O3S. The summed E-state index contributed by atoms with van der Waals surface area (Å²) in [6, 6.07) is 6.99. The molecule has 0 aliphatic carbocycles. The van der Waals surface area contributed by atoms with Crippen molar-refractivity contribution in [3.05, 3.63) is 41.0 Å². The molecule has 1 amide bonds. The summed E-state index contributed by atoms with van der Waals surface area (Å²) in [4.78, 5) is 17.2. The standard InChI is InChI=1S/C18H20N4O3S/c1-9-5-14-16(26-18(20-14)22-19)10(2)15(9)21-17(23)11-6-12(24-3)8-13(7-11)25-4/h5-8H,19H2,1-4H3,(H,20,22)(H,21,23). The Bertz CT molecular complexity index is 962. The molecule has 3 rings (SSSR count). The highest BCUT2D eigenvalue weighted by Crippen LogP contribution is 2.35. The van der Waals surface area contributed by atoms with Gasteiger partial charge in [0.1, 0.15) is 11.5 Å². The van der Waals surface area contributed by atoms with Crippen LogP contribution in [0.1, 0.15) is 21.5 Å². The second kappa shape index (κ2) is 7.19. The summed E-state index contributed by atoms with van der Waals surface area (Å²) < 4.78 is 11.4. The van der Waals surface area contributed by atoms with Crippen molar-refractivity contribution in [3.8, 4) is 11.5 Å². The molecule has 0 fully saturated rings. The maximum atomic E-state index is 12.8. The van der Waals surface area contributed by atoms with Crippen molar-refractivity contribution in [3.63, 3.8) is 0 Å². The molecule has 0 saturated heterocycles. The third kappa shape index (κ3) is 3.29. The van der Waals surface area contributed by atoms with Gasteiger partial charge >= 0.3 is 0 Å². The molecule has 0 unspecified atom stereocenters. The van der Waals surface area contributed by atoms with Crippen molar-refractivity contribution in [1.82, 2.24) is 4.98 Å². The van der Waals surface area contributed by atoms with E-state index in [-0.39, 0.29) is 5.91 Å². The monoisotopic (exact) mass is 372 g/mol. The minimum Gasteiger partial charge on any atom is -0.497 e. The van der Waals surface area contributed by atoms with Gasteiger partial charge in [0.15, 0.2) is 5.13 Å². The summed E-state index contributed by atoms with van der Waals surface area (Å²) in [6.45, 7) is 3.89. The Morgan fingerprint density at radius 2 is 1.77 bits per heavy atom. The Morgan fingerprint density at radius 3 is 2.35 bits per heavy atom. The summed E-state index contributed by atoms with van der Waals surface area (Å²) in [7, 11) is 3.09. The van der Waals surface area contributed by atoms with Crippen molar-refractivity contribution in [1.29, 1.82) is 0 Å². The van der Waals surface area contributed by atoms with Gasteiger partial charge < -0.3 is 14.8 Å². The first-order valence-corrected chi connectivity index (χ1v) is 8.70. The molecule has 0 radical (unpaired) electrons. The molecule has 136 valence electrons. The molecule has 0 aliphatic rings. The van der Waals surface area contributed by atoms with Crippen LogP contribution in [-0.2, 0) is 0 Å². The number of rotatable bonds is 5. The second-order valence-corrected chi connectivity index (χ2v) is 6.76. The molecular weight excluding hydrogens is 352 g/mol. The maximum absolute atomic E-state index is 12.8. The van der Waals surface area contributed by atoms with Crippen LogP contribution < -0.4 is 26.1 Å². The van der Waals surface area contributed by atoms with E-state index in [0.29, 0.717) is 22.2 Å². The summed E-state index contributed by atoms with van der Waals surface area (Å²) in [5.41, 5.74) is 6.50. The molecule has 0 aliphatic heterocycles. The van der Waals surface area contributed by atoms with Crippen LogP contribution in [0.25, 0.3) is 10.2 Å². The molecule has 0 spiro atoms. The van der Waals surface area contributed by atoms with E-state index in [1.54, 1.807) is 32.4 Å². The van der Waals surface area contributed by atoms with E-state index >= 15 is 0 Å². The topological polar surface area (TPSA) is 98.5 Å². The molecule has 26 heavy (non-hydrogen) atoms. The van der Waals surface area contributed by atoms with Crippen LogP contribution in [0.3, 0.4) is 0 Å². The van der Waals surface area contributed by atoms with Crippen LogP contribution in [0.4, 0.5) is 10.8 Å². The van der Waals surface area contributed by atoms with Gasteiger partial charge in [-0.1, -0.05) is 11.3 Å². The lowest BCUT2D eigenvalue weighted by Crippen LogP contribution is -2.14. The normalized spacial score (nSPS) is 10.7. The lowest BCUT2D eigenvalue weighted by molar-refractivity contribution is 0.102. The molecule has 7 nitrogen and oxygen atoms in total. The number of anilines is 2. The van der Waals surface area contributed by atoms with Crippen LogP contribution in [0.5, 0.6) is 11.5 Å². The van der Waals surface area contributed by atoms with Gasteiger partial charge in [0, 0.05) is 17.3 Å². The van der Waals surface area contributed by atoms with Gasteiger partial charge in [-0.3, -0.25) is 10.2 Å². The predicted molar refractivity (Wildman–Crippen MR) is 104 cm³/mol. The molecule has 1 aromatic heterocycles. The summed E-state index contributed by atoms with van der Waals surface area (Å²) >= 11 is 1.44. The number of aryl methyl sites for hydroxylation is 2. The number of nitrogen functional groups attached to an aromatic ring is 1. The van der Waals surface area contributed by atoms with Gasteiger partial charge in [0.05, 0.1) is 24.4 Å². The zero-order valence-corrected chi connectivity index (χ0v) is 15.8. The van der Waals surface area contributed by atoms with Crippen LogP contribution >= 0.6 is 11.3 Å².